The van der Waals surface area contributed by atoms with E-state index in [1.165, 1.54) is 0 Å². The van der Waals surface area contributed by atoms with Crippen LogP contribution in [-0.4, -0.2) is 32.0 Å². The number of likely N-dealkylation sites (N-methyl/N-ethyl adjacent to an activating group) is 1. The Kier molecular flexibility index (Phi) is 4.89. The van der Waals surface area contributed by atoms with Crippen LogP contribution in [0, 0.1) is 0 Å². The van der Waals surface area contributed by atoms with Crippen molar-refractivity contribution in [2.75, 3.05) is 21.2 Å². The first-order valence-corrected chi connectivity index (χ1v) is 8.09. The van der Waals surface area contributed by atoms with Gasteiger partial charge in [-0.05, 0) is 35.0 Å². The Hall–Kier alpha value is -3.01. The topological polar surface area (TPSA) is 38.8 Å². The van der Waals surface area contributed by atoms with Crippen LogP contribution in [0.25, 0.3) is 10.8 Å². The fourth-order valence-electron chi connectivity index (χ4n) is 2.66. The fraction of sp³-hybridized carbons (Fsp3) is 0.190. The molecule has 0 aliphatic carbocycles. The van der Waals surface area contributed by atoms with Gasteiger partial charge < -0.3 is 14.4 Å². The smallest absolute Gasteiger partial charge is 0.267 e. The SMILES string of the molecule is COc1ccc2ccc(OC(C(=O)N(C)C)c3ccccc3)cc2c1. The molecule has 25 heavy (non-hydrogen) atoms. The van der Waals surface area contributed by atoms with E-state index in [2.05, 4.69) is 0 Å². The summed E-state index contributed by atoms with van der Waals surface area (Å²) in [4.78, 5) is 14.1. The van der Waals surface area contributed by atoms with Gasteiger partial charge in [0.1, 0.15) is 11.5 Å². The molecule has 0 fully saturated rings. The van der Waals surface area contributed by atoms with Crippen molar-refractivity contribution < 1.29 is 14.3 Å². The van der Waals surface area contributed by atoms with Crippen LogP contribution in [-0.2, 0) is 4.79 Å². The molecule has 1 amide bonds. The van der Waals surface area contributed by atoms with Gasteiger partial charge in [-0.15, -0.1) is 0 Å². The molecule has 4 nitrogen and oxygen atoms in total. The Morgan fingerprint density at radius 2 is 1.52 bits per heavy atom. The van der Waals surface area contributed by atoms with Gasteiger partial charge >= 0.3 is 0 Å². The molecule has 3 aromatic carbocycles. The molecule has 3 rings (SSSR count). The first-order chi connectivity index (χ1) is 12.1. The quantitative estimate of drug-likeness (QED) is 0.706. The highest BCUT2D eigenvalue weighted by atomic mass is 16.5. The number of hydrogen-bond acceptors (Lipinski definition) is 3. The number of fused-ring (bicyclic) bond motifs is 1. The predicted molar refractivity (Wildman–Crippen MR) is 99.0 cm³/mol. The first kappa shape index (κ1) is 16.8. The monoisotopic (exact) mass is 335 g/mol. The van der Waals surface area contributed by atoms with Crippen molar-refractivity contribution >= 4 is 16.7 Å². The van der Waals surface area contributed by atoms with Crippen LogP contribution in [0.3, 0.4) is 0 Å². The summed E-state index contributed by atoms with van der Waals surface area (Å²) >= 11 is 0. The van der Waals surface area contributed by atoms with Gasteiger partial charge in [-0.1, -0.05) is 42.5 Å². The number of rotatable bonds is 5. The third-order valence-corrected chi connectivity index (χ3v) is 4.04. The molecule has 0 aromatic heterocycles. The van der Waals surface area contributed by atoms with Crippen LogP contribution in [0.15, 0.2) is 66.7 Å². The number of nitrogens with zero attached hydrogens (tertiary/aromatic N) is 1. The summed E-state index contributed by atoms with van der Waals surface area (Å²) in [6, 6.07) is 21.2. The van der Waals surface area contributed by atoms with Gasteiger partial charge in [0.2, 0.25) is 6.10 Å². The number of hydrogen-bond donors (Lipinski definition) is 0. The lowest BCUT2D eigenvalue weighted by atomic mass is 10.1. The zero-order valence-electron chi connectivity index (χ0n) is 14.6. The van der Waals surface area contributed by atoms with Gasteiger partial charge in [0.15, 0.2) is 0 Å². The second-order valence-electron chi connectivity index (χ2n) is 6.02. The summed E-state index contributed by atoms with van der Waals surface area (Å²) in [5, 5.41) is 2.09. The molecule has 1 unspecified atom stereocenters. The molecule has 0 heterocycles. The molecule has 0 saturated heterocycles. The van der Waals surface area contributed by atoms with Gasteiger partial charge in [-0.2, -0.15) is 0 Å². The van der Waals surface area contributed by atoms with Gasteiger partial charge in [-0.25, -0.2) is 0 Å². The largest absolute Gasteiger partial charge is 0.497 e. The van der Waals surface area contributed by atoms with E-state index < -0.39 is 6.10 Å². The third-order valence-electron chi connectivity index (χ3n) is 4.04. The summed E-state index contributed by atoms with van der Waals surface area (Å²) in [6.45, 7) is 0. The number of ether oxygens (including phenoxy) is 2. The normalized spacial score (nSPS) is 11.8. The Labute approximate surface area is 147 Å². The molecule has 3 aromatic rings. The predicted octanol–water partition coefficient (Wildman–Crippen LogP) is 4.06. The molecule has 0 spiro atoms. The Morgan fingerprint density at radius 1 is 0.880 bits per heavy atom. The van der Waals surface area contributed by atoms with E-state index in [1.807, 2.05) is 66.7 Å². The summed E-state index contributed by atoms with van der Waals surface area (Å²) in [7, 11) is 5.10. The summed E-state index contributed by atoms with van der Waals surface area (Å²) < 4.78 is 11.4. The van der Waals surface area contributed by atoms with Crippen LogP contribution in [0.2, 0.25) is 0 Å². The molecule has 4 heteroatoms. The summed E-state index contributed by atoms with van der Waals surface area (Å²) in [6.07, 6.45) is -0.681. The molecule has 0 N–H and O–H groups in total. The van der Waals surface area contributed by atoms with Crippen LogP contribution in [0.4, 0.5) is 0 Å². The van der Waals surface area contributed by atoms with Crippen molar-refractivity contribution in [1.82, 2.24) is 4.90 Å². The maximum atomic E-state index is 12.6. The summed E-state index contributed by atoms with van der Waals surface area (Å²) in [5.41, 5.74) is 0.826. The average molecular weight is 335 g/mol. The van der Waals surface area contributed by atoms with Crippen LogP contribution in [0.1, 0.15) is 11.7 Å². The number of amides is 1. The molecule has 0 saturated carbocycles. The molecular weight excluding hydrogens is 314 g/mol. The van der Waals surface area contributed by atoms with Gasteiger partial charge in [0.05, 0.1) is 7.11 Å². The molecule has 128 valence electrons. The van der Waals surface area contributed by atoms with Crippen molar-refractivity contribution in [2.24, 2.45) is 0 Å². The minimum absolute atomic E-state index is 0.100. The highest BCUT2D eigenvalue weighted by Crippen LogP contribution is 2.28. The van der Waals surface area contributed by atoms with Crippen molar-refractivity contribution in [2.45, 2.75) is 6.10 Å². The van der Waals surface area contributed by atoms with Gasteiger partial charge in [0, 0.05) is 19.7 Å². The van der Waals surface area contributed by atoms with Crippen LogP contribution >= 0.6 is 0 Å². The van der Waals surface area contributed by atoms with Gasteiger partial charge in [0.25, 0.3) is 5.91 Å². The molecule has 0 radical (unpaired) electrons. The standard InChI is InChI=1S/C21H21NO3/c1-22(2)21(23)20(16-7-5-4-6-8-16)25-19-12-10-15-9-11-18(24-3)13-17(15)14-19/h4-14,20H,1-3H3. The molecule has 0 bridgehead atoms. The number of carbonyl (C=O) groups excluding carboxylic acids is 1. The van der Waals surface area contributed by atoms with E-state index in [0.29, 0.717) is 5.75 Å². The molecule has 0 aliphatic rings. The van der Waals surface area contributed by atoms with Gasteiger partial charge in [-0.3, -0.25) is 4.79 Å². The second kappa shape index (κ2) is 7.26. The lowest BCUT2D eigenvalue weighted by Gasteiger charge is -2.22. The van der Waals surface area contributed by atoms with E-state index in [0.717, 1.165) is 22.1 Å². The minimum Gasteiger partial charge on any atom is -0.497 e. The third kappa shape index (κ3) is 3.74. The number of benzene rings is 3. The lowest BCUT2D eigenvalue weighted by Crippen LogP contribution is -2.31. The summed E-state index contributed by atoms with van der Waals surface area (Å²) in [5.74, 6) is 1.33. The van der Waals surface area contributed by atoms with E-state index in [1.54, 1.807) is 26.1 Å². The van der Waals surface area contributed by atoms with E-state index in [4.69, 9.17) is 9.47 Å². The average Bonchev–Trinajstić information content (AvgIpc) is 2.65. The Morgan fingerprint density at radius 3 is 2.16 bits per heavy atom. The van der Waals surface area contributed by atoms with E-state index in [-0.39, 0.29) is 5.91 Å². The molecular formula is C21H21NO3. The fourth-order valence-corrected chi connectivity index (χ4v) is 2.66. The van der Waals surface area contributed by atoms with E-state index >= 15 is 0 Å². The van der Waals surface area contributed by atoms with Crippen molar-refractivity contribution in [3.8, 4) is 11.5 Å². The van der Waals surface area contributed by atoms with Crippen molar-refractivity contribution in [3.63, 3.8) is 0 Å². The lowest BCUT2D eigenvalue weighted by molar-refractivity contribution is -0.136. The zero-order chi connectivity index (χ0) is 17.8. The van der Waals surface area contributed by atoms with E-state index in [9.17, 15) is 4.79 Å². The number of carbonyl (C=O) groups is 1. The highest BCUT2D eigenvalue weighted by molar-refractivity contribution is 5.86. The van der Waals surface area contributed by atoms with Crippen molar-refractivity contribution in [1.29, 1.82) is 0 Å². The Balaban J connectivity index is 1.96. The Bertz CT molecular complexity index is 875. The maximum absolute atomic E-state index is 12.6. The number of methoxy groups -OCH3 is 1. The second-order valence-corrected chi connectivity index (χ2v) is 6.02. The highest BCUT2D eigenvalue weighted by Gasteiger charge is 2.24. The van der Waals surface area contributed by atoms with Crippen LogP contribution in [0.5, 0.6) is 11.5 Å². The first-order valence-electron chi connectivity index (χ1n) is 8.09. The molecule has 0 aliphatic heterocycles. The zero-order valence-corrected chi connectivity index (χ0v) is 14.6. The minimum atomic E-state index is -0.681. The molecule has 1 atom stereocenters. The van der Waals surface area contributed by atoms with Crippen LogP contribution < -0.4 is 9.47 Å². The maximum Gasteiger partial charge on any atom is 0.267 e. The van der Waals surface area contributed by atoms with Crippen molar-refractivity contribution in [3.05, 3.63) is 72.3 Å².